The Bertz CT molecular complexity index is 729. The summed E-state index contributed by atoms with van der Waals surface area (Å²) in [6.07, 6.45) is 3.70. The maximum Gasteiger partial charge on any atom is 0.272 e. The van der Waals surface area contributed by atoms with Gasteiger partial charge in [-0.1, -0.05) is 12.8 Å². The third-order valence-corrected chi connectivity index (χ3v) is 5.67. The summed E-state index contributed by atoms with van der Waals surface area (Å²) >= 11 is 0. The Balaban J connectivity index is 1.82. The Morgan fingerprint density at radius 1 is 1.19 bits per heavy atom. The minimum Gasteiger partial charge on any atom is -0.354 e. The molecule has 0 aromatic carbocycles. The van der Waals surface area contributed by atoms with Gasteiger partial charge in [-0.25, -0.2) is 0 Å². The van der Waals surface area contributed by atoms with Crippen LogP contribution in [0.25, 0.3) is 0 Å². The summed E-state index contributed by atoms with van der Waals surface area (Å²) in [4.78, 5) is 41.5. The summed E-state index contributed by atoms with van der Waals surface area (Å²) in [5.74, 6) is -0.318. The molecule has 1 aromatic heterocycles. The highest BCUT2D eigenvalue weighted by atomic mass is 16.2. The Kier molecular flexibility index (Phi) is 5.82. The summed E-state index contributed by atoms with van der Waals surface area (Å²) in [6, 6.07) is 1.69. The topological polar surface area (TPSA) is 87.5 Å². The van der Waals surface area contributed by atoms with Gasteiger partial charge < -0.3 is 15.1 Å². The van der Waals surface area contributed by atoms with Gasteiger partial charge in [0.2, 0.25) is 11.8 Å². The van der Waals surface area contributed by atoms with E-state index in [1.807, 2.05) is 6.92 Å². The molecule has 3 rings (SSSR count). The van der Waals surface area contributed by atoms with Crippen LogP contribution in [0.1, 0.15) is 48.8 Å². The van der Waals surface area contributed by atoms with Crippen LogP contribution in [0, 0.1) is 12.8 Å². The predicted octanol–water partition coefficient (Wildman–Crippen LogP) is 0.708. The van der Waals surface area contributed by atoms with Gasteiger partial charge in [-0.3, -0.25) is 19.1 Å². The van der Waals surface area contributed by atoms with Crippen LogP contribution >= 0.6 is 0 Å². The number of fused-ring (bicyclic) bond motifs is 1. The number of hydrogen-bond acceptors (Lipinski definition) is 4. The van der Waals surface area contributed by atoms with E-state index in [-0.39, 0.29) is 29.7 Å². The van der Waals surface area contributed by atoms with Crippen LogP contribution in [0.15, 0.2) is 6.07 Å². The van der Waals surface area contributed by atoms with Gasteiger partial charge in [0.1, 0.15) is 5.69 Å². The molecule has 1 aromatic rings. The molecule has 2 atom stereocenters. The van der Waals surface area contributed by atoms with Gasteiger partial charge in [0.05, 0.1) is 11.6 Å². The summed E-state index contributed by atoms with van der Waals surface area (Å²) in [7, 11) is 1.75. The van der Waals surface area contributed by atoms with Gasteiger partial charge in [0.15, 0.2) is 0 Å². The quantitative estimate of drug-likeness (QED) is 0.783. The molecule has 0 bridgehead atoms. The van der Waals surface area contributed by atoms with E-state index in [4.69, 9.17) is 0 Å². The first-order valence-corrected chi connectivity index (χ1v) is 9.73. The Morgan fingerprint density at radius 2 is 1.93 bits per heavy atom. The smallest absolute Gasteiger partial charge is 0.272 e. The fourth-order valence-corrected chi connectivity index (χ4v) is 4.31. The van der Waals surface area contributed by atoms with Gasteiger partial charge in [-0.15, -0.1) is 0 Å². The van der Waals surface area contributed by atoms with E-state index in [0.717, 1.165) is 31.4 Å². The standard InChI is InChI=1S/C19H29N5O3/c1-13-12-17(22(3)21-13)19(27)23-9-8-20-18(26)15-6-4-5-7-16(15)24(11-10-23)14(2)25/h12,15-16H,4-11H2,1-3H3,(H,20,26). The Labute approximate surface area is 159 Å². The lowest BCUT2D eigenvalue weighted by atomic mass is 9.82. The molecule has 0 radical (unpaired) electrons. The molecule has 2 aliphatic rings. The number of hydrogen-bond donors (Lipinski definition) is 1. The lowest BCUT2D eigenvalue weighted by molar-refractivity contribution is -0.137. The van der Waals surface area contributed by atoms with Gasteiger partial charge in [0.25, 0.3) is 5.91 Å². The second-order valence-electron chi connectivity index (χ2n) is 7.55. The maximum atomic E-state index is 13.0. The van der Waals surface area contributed by atoms with Crippen molar-refractivity contribution in [1.82, 2.24) is 24.9 Å². The summed E-state index contributed by atoms with van der Waals surface area (Å²) < 4.78 is 1.58. The average molecular weight is 375 g/mol. The monoisotopic (exact) mass is 375 g/mol. The van der Waals surface area contributed by atoms with E-state index in [1.54, 1.807) is 34.5 Å². The molecule has 0 spiro atoms. The molecule has 2 unspecified atom stereocenters. The van der Waals surface area contributed by atoms with Gasteiger partial charge >= 0.3 is 0 Å². The van der Waals surface area contributed by atoms with Crippen molar-refractivity contribution in [2.75, 3.05) is 26.2 Å². The first-order chi connectivity index (χ1) is 12.9. The molecule has 2 fully saturated rings. The molecular weight excluding hydrogens is 346 g/mol. The first kappa shape index (κ1) is 19.4. The molecule has 1 aliphatic heterocycles. The second-order valence-corrected chi connectivity index (χ2v) is 7.55. The van der Waals surface area contributed by atoms with Crippen LogP contribution in [0.5, 0.6) is 0 Å². The highest BCUT2D eigenvalue weighted by Gasteiger charge is 2.37. The number of carbonyl (C=O) groups excluding carboxylic acids is 3. The van der Waals surface area contributed by atoms with Crippen molar-refractivity contribution in [2.24, 2.45) is 13.0 Å². The number of carbonyl (C=O) groups is 3. The minimum atomic E-state index is -0.148. The van der Waals surface area contributed by atoms with E-state index < -0.39 is 0 Å². The number of amides is 3. The highest BCUT2D eigenvalue weighted by Crippen LogP contribution is 2.29. The van der Waals surface area contributed by atoms with Gasteiger partial charge in [0, 0.05) is 46.2 Å². The minimum absolute atomic E-state index is 0.00312. The zero-order valence-corrected chi connectivity index (χ0v) is 16.4. The van der Waals surface area contributed by atoms with Crippen molar-refractivity contribution >= 4 is 17.7 Å². The third-order valence-electron chi connectivity index (χ3n) is 5.67. The molecule has 3 amide bonds. The van der Waals surface area contributed by atoms with Gasteiger partial charge in [-0.2, -0.15) is 5.10 Å². The summed E-state index contributed by atoms with van der Waals surface area (Å²) in [5, 5.41) is 7.22. The average Bonchev–Trinajstić information content (AvgIpc) is 2.97. The molecule has 2 heterocycles. The van der Waals surface area contributed by atoms with Crippen LogP contribution in [0.3, 0.4) is 0 Å². The number of aromatic nitrogens is 2. The zero-order valence-electron chi connectivity index (χ0n) is 16.4. The number of nitrogens with one attached hydrogen (secondary N) is 1. The second kappa shape index (κ2) is 8.10. The summed E-state index contributed by atoms with van der Waals surface area (Å²) in [5.41, 5.74) is 1.30. The lowest BCUT2D eigenvalue weighted by Crippen LogP contribution is -2.55. The molecule has 1 saturated heterocycles. The predicted molar refractivity (Wildman–Crippen MR) is 100.0 cm³/mol. The van der Waals surface area contributed by atoms with Crippen LogP contribution < -0.4 is 5.32 Å². The largest absolute Gasteiger partial charge is 0.354 e. The lowest BCUT2D eigenvalue weighted by Gasteiger charge is -2.40. The van der Waals surface area contributed by atoms with Crippen LogP contribution in [-0.2, 0) is 16.6 Å². The SMILES string of the molecule is CC(=O)N1CCN(C(=O)c2cc(C)nn2C)CCNC(=O)C2CCCCC21. The fraction of sp³-hybridized carbons (Fsp3) is 0.684. The molecular formula is C19H29N5O3. The number of aryl methyl sites for hydroxylation is 2. The molecule has 8 heteroatoms. The first-order valence-electron chi connectivity index (χ1n) is 9.73. The van der Waals surface area contributed by atoms with Crippen molar-refractivity contribution in [1.29, 1.82) is 0 Å². The van der Waals surface area contributed by atoms with Crippen molar-refractivity contribution in [3.8, 4) is 0 Å². The maximum absolute atomic E-state index is 13.0. The summed E-state index contributed by atoms with van der Waals surface area (Å²) in [6.45, 7) is 5.13. The van der Waals surface area contributed by atoms with E-state index in [0.29, 0.717) is 31.9 Å². The molecule has 8 nitrogen and oxygen atoms in total. The molecule has 1 N–H and O–H groups in total. The van der Waals surface area contributed by atoms with E-state index in [9.17, 15) is 14.4 Å². The number of nitrogens with zero attached hydrogens (tertiary/aromatic N) is 4. The van der Waals surface area contributed by atoms with Crippen molar-refractivity contribution in [3.63, 3.8) is 0 Å². The van der Waals surface area contributed by atoms with Crippen LogP contribution in [0.4, 0.5) is 0 Å². The van der Waals surface area contributed by atoms with Gasteiger partial charge in [-0.05, 0) is 25.8 Å². The fourth-order valence-electron chi connectivity index (χ4n) is 4.31. The molecule has 148 valence electrons. The normalized spacial score (nSPS) is 24.2. The molecule has 27 heavy (non-hydrogen) atoms. The van der Waals surface area contributed by atoms with Crippen LogP contribution in [-0.4, -0.2) is 69.5 Å². The van der Waals surface area contributed by atoms with Crippen molar-refractivity contribution in [2.45, 2.75) is 45.6 Å². The third kappa shape index (κ3) is 4.14. The number of rotatable bonds is 1. The van der Waals surface area contributed by atoms with Crippen molar-refractivity contribution < 1.29 is 14.4 Å². The van der Waals surface area contributed by atoms with E-state index in [2.05, 4.69) is 10.4 Å². The molecule has 1 saturated carbocycles. The Hall–Kier alpha value is -2.38. The Morgan fingerprint density at radius 3 is 2.59 bits per heavy atom. The molecule has 1 aliphatic carbocycles. The van der Waals surface area contributed by atoms with E-state index >= 15 is 0 Å². The highest BCUT2D eigenvalue weighted by molar-refractivity contribution is 5.93. The zero-order chi connectivity index (χ0) is 19.6. The van der Waals surface area contributed by atoms with Crippen molar-refractivity contribution in [3.05, 3.63) is 17.5 Å². The van der Waals surface area contributed by atoms with E-state index in [1.165, 1.54) is 0 Å². The van der Waals surface area contributed by atoms with Crippen LogP contribution in [0.2, 0.25) is 0 Å².